The third-order valence-electron chi connectivity index (χ3n) is 2.24. The third kappa shape index (κ3) is 1.91. The Labute approximate surface area is 88.2 Å². The second-order valence-corrected chi connectivity index (χ2v) is 3.49. The molecule has 76 valence electrons. The molecule has 0 aliphatic heterocycles. The van der Waals surface area contributed by atoms with Gasteiger partial charge in [-0.2, -0.15) is 0 Å². The zero-order valence-electron chi connectivity index (χ0n) is 8.44. The van der Waals surface area contributed by atoms with E-state index in [2.05, 4.69) is 4.98 Å². The topological polar surface area (TPSA) is 59.1 Å². The largest absolute Gasteiger partial charge is 0.507 e. The second-order valence-electron chi connectivity index (χ2n) is 3.49. The van der Waals surface area contributed by atoms with Gasteiger partial charge >= 0.3 is 0 Å². The normalized spacial score (nSPS) is 10.2. The Bertz CT molecular complexity index is 495. The Morgan fingerprint density at radius 2 is 2.00 bits per heavy atom. The molecular formula is C12H12N2O. The van der Waals surface area contributed by atoms with Gasteiger partial charge in [0, 0.05) is 11.8 Å². The van der Waals surface area contributed by atoms with E-state index in [1.54, 1.807) is 18.3 Å². The highest BCUT2D eigenvalue weighted by molar-refractivity contribution is 5.72. The molecule has 0 saturated carbocycles. The van der Waals surface area contributed by atoms with Crippen LogP contribution in [0.15, 0.2) is 36.5 Å². The third-order valence-corrected chi connectivity index (χ3v) is 2.24. The van der Waals surface area contributed by atoms with Crippen LogP contribution in [0.5, 0.6) is 5.75 Å². The molecule has 15 heavy (non-hydrogen) atoms. The van der Waals surface area contributed by atoms with Gasteiger partial charge in [-0.3, -0.25) is 0 Å². The lowest BCUT2D eigenvalue weighted by molar-refractivity contribution is 0.477. The molecule has 0 saturated heterocycles. The first-order valence-corrected chi connectivity index (χ1v) is 4.68. The van der Waals surface area contributed by atoms with E-state index in [0.29, 0.717) is 5.82 Å². The number of anilines is 1. The Morgan fingerprint density at radius 3 is 2.73 bits per heavy atom. The summed E-state index contributed by atoms with van der Waals surface area (Å²) in [6.07, 6.45) is 1.63. The van der Waals surface area contributed by atoms with Crippen LogP contribution in [-0.4, -0.2) is 10.1 Å². The predicted molar refractivity (Wildman–Crippen MR) is 60.5 cm³/mol. The van der Waals surface area contributed by atoms with Gasteiger partial charge < -0.3 is 10.8 Å². The number of aromatic hydroxyl groups is 1. The molecule has 3 nitrogen and oxygen atoms in total. The molecule has 0 fully saturated rings. The molecule has 1 heterocycles. The van der Waals surface area contributed by atoms with E-state index < -0.39 is 0 Å². The zero-order chi connectivity index (χ0) is 10.8. The van der Waals surface area contributed by atoms with E-state index in [9.17, 15) is 5.11 Å². The highest BCUT2D eigenvalue weighted by Crippen LogP contribution is 2.30. The number of rotatable bonds is 1. The van der Waals surface area contributed by atoms with E-state index >= 15 is 0 Å². The summed E-state index contributed by atoms with van der Waals surface area (Å²) in [5.41, 5.74) is 8.35. The number of aromatic nitrogens is 1. The van der Waals surface area contributed by atoms with Crippen molar-refractivity contribution in [2.24, 2.45) is 0 Å². The van der Waals surface area contributed by atoms with Crippen LogP contribution in [0.4, 0.5) is 5.82 Å². The number of phenols is 1. The highest BCUT2D eigenvalue weighted by Gasteiger charge is 2.04. The summed E-state index contributed by atoms with van der Waals surface area (Å²) in [5.74, 6) is 0.708. The van der Waals surface area contributed by atoms with Crippen LogP contribution in [-0.2, 0) is 0 Å². The van der Waals surface area contributed by atoms with Gasteiger partial charge in [0.2, 0.25) is 0 Å². The van der Waals surface area contributed by atoms with Gasteiger partial charge in [0.1, 0.15) is 11.6 Å². The monoisotopic (exact) mass is 200 g/mol. The molecule has 0 radical (unpaired) electrons. The number of nitrogens with two attached hydrogens (primary N) is 1. The van der Waals surface area contributed by atoms with Gasteiger partial charge in [0.05, 0.1) is 0 Å². The predicted octanol–water partition coefficient (Wildman–Crippen LogP) is 2.34. The number of nitrogens with zero attached hydrogens (tertiary/aromatic N) is 1. The summed E-state index contributed by atoms with van der Waals surface area (Å²) in [6, 6.07) is 9.04. The SMILES string of the molecule is Cc1ccc(O)c(-c2ccnc(N)c2)c1. The van der Waals surface area contributed by atoms with Crippen LogP contribution in [0.1, 0.15) is 5.56 Å². The summed E-state index contributed by atoms with van der Waals surface area (Å²) in [6.45, 7) is 1.98. The maximum atomic E-state index is 9.72. The van der Waals surface area contributed by atoms with Gasteiger partial charge in [0.25, 0.3) is 0 Å². The minimum atomic E-state index is 0.256. The first-order chi connectivity index (χ1) is 7.16. The molecule has 0 unspecified atom stereocenters. The highest BCUT2D eigenvalue weighted by atomic mass is 16.3. The van der Waals surface area contributed by atoms with Crippen LogP contribution in [0.3, 0.4) is 0 Å². The van der Waals surface area contributed by atoms with Gasteiger partial charge in [0.15, 0.2) is 0 Å². The minimum Gasteiger partial charge on any atom is -0.507 e. The number of benzene rings is 1. The lowest BCUT2D eigenvalue weighted by Crippen LogP contribution is -1.89. The standard InChI is InChI=1S/C12H12N2O/c1-8-2-3-11(15)10(6-8)9-4-5-14-12(13)7-9/h2-7,15H,1H3,(H2,13,14). The van der Waals surface area contributed by atoms with Gasteiger partial charge in [-0.15, -0.1) is 0 Å². The molecule has 0 amide bonds. The number of hydrogen-bond donors (Lipinski definition) is 2. The van der Waals surface area contributed by atoms with Crippen LogP contribution < -0.4 is 5.73 Å². The fraction of sp³-hybridized carbons (Fsp3) is 0.0833. The molecule has 0 spiro atoms. The molecule has 0 bridgehead atoms. The van der Waals surface area contributed by atoms with Crippen molar-refractivity contribution in [2.45, 2.75) is 6.92 Å². The Morgan fingerprint density at radius 1 is 1.20 bits per heavy atom. The van der Waals surface area contributed by atoms with Gasteiger partial charge in [-0.05, 0) is 36.8 Å². The lowest BCUT2D eigenvalue weighted by atomic mass is 10.0. The van der Waals surface area contributed by atoms with Crippen molar-refractivity contribution in [1.82, 2.24) is 4.98 Å². The molecule has 2 rings (SSSR count). The molecule has 0 aliphatic rings. The molecule has 0 atom stereocenters. The summed E-state index contributed by atoms with van der Waals surface area (Å²) in [7, 11) is 0. The number of pyridine rings is 1. The Kier molecular flexibility index (Phi) is 2.29. The van der Waals surface area contributed by atoms with Crippen molar-refractivity contribution in [3.63, 3.8) is 0 Å². The number of nitrogen functional groups attached to an aromatic ring is 1. The van der Waals surface area contributed by atoms with E-state index in [1.807, 2.05) is 25.1 Å². The average Bonchev–Trinajstić information content (AvgIpc) is 2.22. The number of hydrogen-bond acceptors (Lipinski definition) is 3. The van der Waals surface area contributed by atoms with Crippen LogP contribution in [0, 0.1) is 6.92 Å². The van der Waals surface area contributed by atoms with E-state index in [-0.39, 0.29) is 5.75 Å². The van der Waals surface area contributed by atoms with Crippen molar-refractivity contribution < 1.29 is 5.11 Å². The summed E-state index contributed by atoms with van der Waals surface area (Å²) >= 11 is 0. The van der Waals surface area contributed by atoms with Gasteiger partial charge in [-0.25, -0.2) is 4.98 Å². The Hall–Kier alpha value is -2.03. The lowest BCUT2D eigenvalue weighted by Gasteiger charge is -2.06. The van der Waals surface area contributed by atoms with Crippen LogP contribution in [0.25, 0.3) is 11.1 Å². The molecule has 1 aromatic heterocycles. The van der Waals surface area contributed by atoms with E-state index in [1.165, 1.54) is 0 Å². The fourth-order valence-corrected chi connectivity index (χ4v) is 1.50. The Balaban J connectivity index is 2.58. The smallest absolute Gasteiger partial charge is 0.123 e. The number of aryl methyl sites for hydroxylation is 1. The fourth-order valence-electron chi connectivity index (χ4n) is 1.50. The maximum Gasteiger partial charge on any atom is 0.123 e. The summed E-state index contributed by atoms with van der Waals surface area (Å²) in [5, 5.41) is 9.72. The van der Waals surface area contributed by atoms with E-state index in [0.717, 1.165) is 16.7 Å². The average molecular weight is 200 g/mol. The zero-order valence-corrected chi connectivity index (χ0v) is 8.44. The van der Waals surface area contributed by atoms with E-state index in [4.69, 9.17) is 5.73 Å². The second kappa shape index (κ2) is 3.61. The first-order valence-electron chi connectivity index (χ1n) is 4.68. The summed E-state index contributed by atoms with van der Waals surface area (Å²) in [4.78, 5) is 3.91. The summed E-state index contributed by atoms with van der Waals surface area (Å²) < 4.78 is 0. The van der Waals surface area contributed by atoms with Gasteiger partial charge in [-0.1, -0.05) is 11.6 Å². The maximum absolute atomic E-state index is 9.72. The molecule has 2 aromatic rings. The minimum absolute atomic E-state index is 0.256. The molecule has 3 N–H and O–H groups in total. The molecule has 0 aliphatic carbocycles. The first kappa shape index (κ1) is 9.52. The van der Waals surface area contributed by atoms with Crippen molar-refractivity contribution in [2.75, 3.05) is 5.73 Å². The van der Waals surface area contributed by atoms with Crippen molar-refractivity contribution in [3.8, 4) is 16.9 Å². The van der Waals surface area contributed by atoms with Crippen LogP contribution >= 0.6 is 0 Å². The van der Waals surface area contributed by atoms with Crippen molar-refractivity contribution >= 4 is 5.82 Å². The molecule has 1 aromatic carbocycles. The van der Waals surface area contributed by atoms with Crippen molar-refractivity contribution in [1.29, 1.82) is 0 Å². The van der Waals surface area contributed by atoms with Crippen LogP contribution in [0.2, 0.25) is 0 Å². The molecule has 3 heteroatoms. The molecular weight excluding hydrogens is 188 g/mol. The van der Waals surface area contributed by atoms with Crippen molar-refractivity contribution in [3.05, 3.63) is 42.1 Å². The number of phenolic OH excluding ortho intramolecular Hbond substituents is 1. The quantitative estimate of drug-likeness (QED) is 0.742.